The smallest absolute Gasteiger partial charge is 0.337 e. The first-order valence-electron chi connectivity index (χ1n) is 5.13. The van der Waals surface area contributed by atoms with Crippen molar-refractivity contribution >= 4 is 17.6 Å². The lowest BCUT2D eigenvalue weighted by Crippen LogP contribution is -2.20. The molecule has 0 fully saturated rings. The molecule has 0 aliphatic rings. The van der Waals surface area contributed by atoms with Crippen LogP contribution in [0.25, 0.3) is 0 Å². The standard InChI is InChI=1S/C10H9N5O4/c16-6-1-2-8(7(3-6)10(18)19)12-9(17)4-15-5-11-13-14-15/h1-3,5,16H,4H2,(H,12,17)(H,18,19). The number of anilines is 1. The van der Waals surface area contributed by atoms with Crippen molar-refractivity contribution in [1.29, 1.82) is 0 Å². The van der Waals surface area contributed by atoms with Crippen LogP contribution in [0.2, 0.25) is 0 Å². The van der Waals surface area contributed by atoms with Gasteiger partial charge in [0.05, 0.1) is 11.3 Å². The zero-order valence-corrected chi connectivity index (χ0v) is 9.52. The highest BCUT2D eigenvalue weighted by atomic mass is 16.4. The third-order valence-corrected chi connectivity index (χ3v) is 2.20. The first-order chi connectivity index (χ1) is 9.06. The quantitative estimate of drug-likeness (QED) is 0.646. The molecule has 0 spiro atoms. The van der Waals surface area contributed by atoms with Gasteiger partial charge < -0.3 is 15.5 Å². The number of carboxylic acids is 1. The number of phenolic OH excluding ortho intramolecular Hbond substituents is 1. The number of amides is 1. The fraction of sp³-hybridized carbons (Fsp3) is 0.100. The van der Waals surface area contributed by atoms with Crippen LogP contribution in [0, 0.1) is 0 Å². The maximum absolute atomic E-state index is 11.7. The van der Waals surface area contributed by atoms with Gasteiger partial charge in [-0.3, -0.25) is 4.79 Å². The van der Waals surface area contributed by atoms with E-state index in [-0.39, 0.29) is 23.5 Å². The molecule has 0 atom stereocenters. The maximum Gasteiger partial charge on any atom is 0.337 e. The predicted octanol–water partition coefficient (Wildman–Crippen LogP) is -0.284. The summed E-state index contributed by atoms with van der Waals surface area (Å²) in [7, 11) is 0. The highest BCUT2D eigenvalue weighted by Gasteiger charge is 2.13. The van der Waals surface area contributed by atoms with E-state index < -0.39 is 11.9 Å². The number of aromatic carboxylic acids is 1. The van der Waals surface area contributed by atoms with Crippen molar-refractivity contribution in [3.05, 3.63) is 30.1 Å². The molecule has 2 rings (SSSR count). The Labute approximate surface area is 106 Å². The molecular formula is C10H9N5O4. The zero-order valence-electron chi connectivity index (χ0n) is 9.52. The number of phenols is 1. The Balaban J connectivity index is 2.14. The summed E-state index contributed by atoms with van der Waals surface area (Å²) in [5.74, 6) is -1.94. The van der Waals surface area contributed by atoms with E-state index >= 15 is 0 Å². The van der Waals surface area contributed by atoms with Gasteiger partial charge in [-0.2, -0.15) is 0 Å². The molecule has 3 N–H and O–H groups in total. The molecule has 1 amide bonds. The van der Waals surface area contributed by atoms with Crippen molar-refractivity contribution in [2.75, 3.05) is 5.32 Å². The van der Waals surface area contributed by atoms with E-state index in [1.54, 1.807) is 0 Å². The number of hydrogen-bond acceptors (Lipinski definition) is 6. The van der Waals surface area contributed by atoms with Crippen molar-refractivity contribution in [3.63, 3.8) is 0 Å². The number of carboxylic acid groups (broad SMARTS) is 1. The lowest BCUT2D eigenvalue weighted by molar-refractivity contribution is -0.116. The number of aromatic nitrogens is 4. The minimum absolute atomic E-state index is 0.0865. The molecule has 9 nitrogen and oxygen atoms in total. The van der Waals surface area contributed by atoms with Gasteiger partial charge in [-0.15, -0.1) is 5.10 Å². The summed E-state index contributed by atoms with van der Waals surface area (Å²) in [5, 5.41) is 30.8. The van der Waals surface area contributed by atoms with Crippen molar-refractivity contribution in [2.45, 2.75) is 6.54 Å². The molecule has 9 heteroatoms. The van der Waals surface area contributed by atoms with Crippen LogP contribution < -0.4 is 5.32 Å². The van der Waals surface area contributed by atoms with Crippen LogP contribution in [0.4, 0.5) is 5.69 Å². The molecule has 0 saturated carbocycles. The van der Waals surface area contributed by atoms with Crippen LogP contribution in [-0.4, -0.2) is 42.3 Å². The number of benzene rings is 1. The summed E-state index contributed by atoms with van der Waals surface area (Å²) in [4.78, 5) is 22.6. The predicted molar refractivity (Wildman–Crippen MR) is 61.5 cm³/mol. The average molecular weight is 263 g/mol. The Morgan fingerprint density at radius 2 is 2.16 bits per heavy atom. The van der Waals surface area contributed by atoms with Crippen LogP contribution >= 0.6 is 0 Å². The molecule has 0 bridgehead atoms. The molecule has 0 aliphatic heterocycles. The summed E-state index contributed by atoms with van der Waals surface area (Å²) >= 11 is 0. The van der Waals surface area contributed by atoms with Crippen LogP contribution in [0.1, 0.15) is 10.4 Å². The van der Waals surface area contributed by atoms with Crippen LogP contribution in [0.15, 0.2) is 24.5 Å². The third-order valence-electron chi connectivity index (χ3n) is 2.20. The topological polar surface area (TPSA) is 130 Å². The van der Waals surface area contributed by atoms with Gasteiger partial charge in [-0.1, -0.05) is 0 Å². The molecule has 98 valence electrons. The Hall–Kier alpha value is -2.97. The van der Waals surface area contributed by atoms with Gasteiger partial charge in [-0.05, 0) is 28.6 Å². The van der Waals surface area contributed by atoms with Crippen molar-refractivity contribution in [2.24, 2.45) is 0 Å². The fourth-order valence-electron chi connectivity index (χ4n) is 1.41. The van der Waals surface area contributed by atoms with Crippen LogP contribution in [-0.2, 0) is 11.3 Å². The number of hydrogen-bond donors (Lipinski definition) is 3. The second kappa shape index (κ2) is 5.12. The van der Waals surface area contributed by atoms with E-state index in [2.05, 4.69) is 20.8 Å². The van der Waals surface area contributed by atoms with Gasteiger partial charge in [0.15, 0.2) is 0 Å². The van der Waals surface area contributed by atoms with E-state index in [1.807, 2.05) is 0 Å². The molecule has 1 aromatic carbocycles. The number of carbonyl (C=O) groups is 2. The summed E-state index contributed by atoms with van der Waals surface area (Å²) in [6.07, 6.45) is 1.26. The van der Waals surface area contributed by atoms with Crippen molar-refractivity contribution < 1.29 is 19.8 Å². The lowest BCUT2D eigenvalue weighted by atomic mass is 10.1. The van der Waals surface area contributed by atoms with Crippen molar-refractivity contribution in [1.82, 2.24) is 20.2 Å². The average Bonchev–Trinajstić information content (AvgIpc) is 2.83. The van der Waals surface area contributed by atoms with Gasteiger partial charge in [0.25, 0.3) is 0 Å². The first kappa shape index (κ1) is 12.5. The second-order valence-electron chi connectivity index (χ2n) is 3.59. The Bertz CT molecular complexity index is 610. The number of nitrogens with zero attached hydrogens (tertiary/aromatic N) is 4. The molecule has 0 radical (unpaired) electrons. The van der Waals surface area contributed by atoms with E-state index in [1.165, 1.54) is 23.1 Å². The maximum atomic E-state index is 11.7. The van der Waals surface area contributed by atoms with Gasteiger partial charge >= 0.3 is 5.97 Å². The third kappa shape index (κ3) is 3.03. The second-order valence-corrected chi connectivity index (χ2v) is 3.59. The number of rotatable bonds is 4. The van der Waals surface area contributed by atoms with E-state index in [4.69, 9.17) is 5.11 Å². The van der Waals surface area contributed by atoms with Crippen molar-refractivity contribution in [3.8, 4) is 5.75 Å². The summed E-state index contributed by atoms with van der Waals surface area (Å²) in [6, 6.07) is 3.63. The normalized spacial score (nSPS) is 10.1. The summed E-state index contributed by atoms with van der Waals surface area (Å²) < 4.78 is 1.19. The van der Waals surface area contributed by atoms with Gasteiger partial charge in [0.2, 0.25) is 5.91 Å². The van der Waals surface area contributed by atoms with Crippen LogP contribution in [0.5, 0.6) is 5.75 Å². The van der Waals surface area contributed by atoms with Gasteiger partial charge in [0.1, 0.15) is 18.6 Å². The van der Waals surface area contributed by atoms with Gasteiger partial charge in [-0.25, -0.2) is 9.48 Å². The minimum atomic E-state index is -1.26. The Morgan fingerprint density at radius 1 is 1.37 bits per heavy atom. The fourth-order valence-corrected chi connectivity index (χ4v) is 1.41. The number of carbonyl (C=O) groups excluding carboxylic acids is 1. The molecule has 0 saturated heterocycles. The number of aromatic hydroxyl groups is 1. The minimum Gasteiger partial charge on any atom is -0.508 e. The monoisotopic (exact) mass is 263 g/mol. The summed E-state index contributed by atoms with van der Waals surface area (Å²) in [5.41, 5.74) is -0.117. The number of nitrogens with one attached hydrogen (secondary N) is 1. The molecule has 19 heavy (non-hydrogen) atoms. The van der Waals surface area contributed by atoms with E-state index in [0.29, 0.717) is 0 Å². The Morgan fingerprint density at radius 3 is 2.79 bits per heavy atom. The largest absolute Gasteiger partial charge is 0.508 e. The number of tetrazole rings is 1. The highest BCUT2D eigenvalue weighted by molar-refractivity contribution is 6.00. The Kier molecular flexibility index (Phi) is 3.37. The van der Waals surface area contributed by atoms with E-state index in [9.17, 15) is 14.7 Å². The molecule has 2 aromatic rings. The SMILES string of the molecule is O=C(Cn1cnnn1)Nc1ccc(O)cc1C(=O)O. The van der Waals surface area contributed by atoms with Gasteiger partial charge in [0, 0.05) is 0 Å². The first-order valence-corrected chi connectivity index (χ1v) is 5.13. The lowest BCUT2D eigenvalue weighted by Gasteiger charge is -2.08. The molecule has 1 heterocycles. The zero-order chi connectivity index (χ0) is 13.8. The molecule has 0 unspecified atom stereocenters. The highest BCUT2D eigenvalue weighted by Crippen LogP contribution is 2.21. The van der Waals surface area contributed by atoms with E-state index in [0.717, 1.165) is 6.07 Å². The van der Waals surface area contributed by atoms with Crippen LogP contribution in [0.3, 0.4) is 0 Å². The summed E-state index contributed by atoms with van der Waals surface area (Å²) in [6.45, 7) is -0.146. The molecule has 0 aliphatic carbocycles. The molecule has 1 aromatic heterocycles. The molecular weight excluding hydrogens is 254 g/mol.